The number of nitrogens with zero attached hydrogens (tertiary/aromatic N) is 2. The van der Waals surface area contributed by atoms with Crippen molar-refractivity contribution in [3.05, 3.63) is 101 Å². The molecule has 4 rings (SSSR count). The van der Waals surface area contributed by atoms with E-state index in [0.29, 0.717) is 35.5 Å². The number of hydrogen-bond donors (Lipinski definition) is 2. The molecule has 0 fully saturated rings. The Morgan fingerprint density at radius 3 is 2.44 bits per heavy atom. The van der Waals surface area contributed by atoms with Gasteiger partial charge in [0.05, 0.1) is 12.3 Å². The lowest BCUT2D eigenvalue weighted by Crippen LogP contribution is -2.30. The molecular weight excluding hydrogens is 428 g/mol. The number of carbonyl (C=O) groups is 2. The minimum atomic E-state index is -0.299. The maximum atomic E-state index is 13.0. The third-order valence-electron chi connectivity index (χ3n) is 5.74. The van der Waals surface area contributed by atoms with Crippen LogP contribution in [0.1, 0.15) is 35.6 Å². The molecule has 0 aliphatic carbocycles. The number of ketones is 1. The molecule has 1 aliphatic heterocycles. The summed E-state index contributed by atoms with van der Waals surface area (Å²) in [7, 11) is 0. The van der Waals surface area contributed by atoms with Gasteiger partial charge < -0.3 is 10.2 Å². The number of hydrogen-bond acceptors (Lipinski definition) is 5. The average molecular weight is 455 g/mol. The van der Waals surface area contributed by atoms with Gasteiger partial charge >= 0.3 is 0 Å². The Bertz CT molecular complexity index is 1260. The van der Waals surface area contributed by atoms with Crippen LogP contribution in [0.25, 0.3) is 6.08 Å². The van der Waals surface area contributed by atoms with Crippen LogP contribution in [0.15, 0.2) is 83.5 Å². The number of anilines is 1. The fourth-order valence-electron chi connectivity index (χ4n) is 3.92. The van der Waals surface area contributed by atoms with E-state index in [2.05, 4.69) is 4.99 Å². The van der Waals surface area contributed by atoms with Crippen LogP contribution in [0.2, 0.25) is 0 Å². The summed E-state index contributed by atoms with van der Waals surface area (Å²) in [5.74, 6) is 0.460. The van der Waals surface area contributed by atoms with Crippen molar-refractivity contribution in [2.45, 2.75) is 32.8 Å². The molecule has 6 heteroatoms. The highest BCUT2D eigenvalue weighted by molar-refractivity contribution is 6.28. The normalized spacial score (nSPS) is 14.5. The van der Waals surface area contributed by atoms with Gasteiger partial charge in [0.2, 0.25) is 0 Å². The predicted molar refractivity (Wildman–Crippen MR) is 133 cm³/mol. The van der Waals surface area contributed by atoms with Gasteiger partial charge in [0.15, 0.2) is 0 Å². The van der Waals surface area contributed by atoms with Crippen LogP contribution in [0.5, 0.6) is 5.75 Å². The van der Waals surface area contributed by atoms with E-state index in [9.17, 15) is 19.8 Å². The van der Waals surface area contributed by atoms with Gasteiger partial charge in [-0.3, -0.25) is 14.5 Å². The zero-order chi connectivity index (χ0) is 24.1. The van der Waals surface area contributed by atoms with Crippen molar-refractivity contribution in [1.82, 2.24) is 0 Å². The van der Waals surface area contributed by atoms with Crippen LogP contribution in [0, 0.1) is 0 Å². The van der Waals surface area contributed by atoms with Crippen LogP contribution in [0.3, 0.4) is 0 Å². The van der Waals surface area contributed by atoms with Crippen molar-refractivity contribution in [3.63, 3.8) is 0 Å². The second-order valence-corrected chi connectivity index (χ2v) is 8.24. The first-order valence-corrected chi connectivity index (χ1v) is 11.1. The fourth-order valence-corrected chi connectivity index (χ4v) is 3.92. The fraction of sp³-hybridized carbons (Fsp3) is 0.179. The van der Waals surface area contributed by atoms with Crippen LogP contribution in [-0.4, -0.2) is 27.7 Å². The van der Waals surface area contributed by atoms with Crippen LogP contribution in [-0.2, 0) is 29.0 Å². The maximum Gasteiger partial charge on any atom is 0.282 e. The van der Waals surface area contributed by atoms with Crippen molar-refractivity contribution in [1.29, 1.82) is 0 Å². The van der Waals surface area contributed by atoms with Crippen LogP contribution in [0.4, 0.5) is 5.69 Å². The van der Waals surface area contributed by atoms with E-state index in [1.54, 1.807) is 25.1 Å². The molecule has 1 heterocycles. The highest BCUT2D eigenvalue weighted by Gasteiger charge is 2.28. The Balaban J connectivity index is 1.42. The molecule has 172 valence electrons. The number of rotatable bonds is 8. The van der Waals surface area contributed by atoms with Crippen molar-refractivity contribution in [2.75, 3.05) is 4.90 Å². The van der Waals surface area contributed by atoms with E-state index < -0.39 is 0 Å². The van der Waals surface area contributed by atoms with E-state index in [-0.39, 0.29) is 29.7 Å². The number of benzene rings is 3. The largest absolute Gasteiger partial charge is 0.508 e. The average Bonchev–Trinajstić information content (AvgIpc) is 3.12. The Morgan fingerprint density at radius 2 is 1.74 bits per heavy atom. The number of phenols is 1. The summed E-state index contributed by atoms with van der Waals surface area (Å²) in [4.78, 5) is 31.3. The van der Waals surface area contributed by atoms with Crippen molar-refractivity contribution in [3.8, 4) is 5.75 Å². The van der Waals surface area contributed by atoms with Gasteiger partial charge in [-0.25, -0.2) is 4.99 Å². The number of aromatic hydroxyl groups is 1. The number of aliphatic hydroxyl groups excluding tert-OH is 1. The smallest absolute Gasteiger partial charge is 0.282 e. The van der Waals surface area contributed by atoms with Gasteiger partial charge in [-0.15, -0.1) is 0 Å². The zero-order valence-electron chi connectivity index (χ0n) is 18.9. The lowest BCUT2D eigenvalue weighted by atomic mass is 10.0. The van der Waals surface area contributed by atoms with Crippen molar-refractivity contribution < 1.29 is 19.8 Å². The lowest BCUT2D eigenvalue weighted by molar-refractivity contribution is -0.118. The number of amides is 1. The molecule has 0 spiro atoms. The predicted octanol–water partition coefficient (Wildman–Crippen LogP) is 4.44. The van der Waals surface area contributed by atoms with Crippen molar-refractivity contribution >= 4 is 29.3 Å². The molecule has 34 heavy (non-hydrogen) atoms. The Kier molecular flexibility index (Phi) is 6.99. The minimum absolute atomic E-state index is 0.00217. The molecule has 3 aromatic rings. The molecule has 2 N–H and O–H groups in total. The Hall–Kier alpha value is -4.03. The maximum absolute atomic E-state index is 13.0. The summed E-state index contributed by atoms with van der Waals surface area (Å²) in [6.45, 7) is 1.46. The van der Waals surface area contributed by atoms with Crippen LogP contribution >= 0.6 is 0 Å². The molecular formula is C28H26N2O4. The number of Topliss-reactive ketones (excluding diaryl/α,β-unsaturated/α-hetero) is 1. The number of carbonyl (C=O) groups excluding carboxylic acids is 2. The van der Waals surface area contributed by atoms with Crippen LogP contribution < -0.4 is 4.90 Å². The van der Waals surface area contributed by atoms with E-state index in [4.69, 9.17) is 0 Å². The topological polar surface area (TPSA) is 90.2 Å². The first-order valence-electron chi connectivity index (χ1n) is 11.1. The summed E-state index contributed by atoms with van der Waals surface area (Å²) in [5, 5.41) is 19.1. The van der Waals surface area contributed by atoms with Gasteiger partial charge in [-0.2, -0.15) is 0 Å². The van der Waals surface area contributed by atoms with E-state index in [1.807, 2.05) is 54.6 Å². The molecule has 0 radical (unpaired) electrons. The third-order valence-corrected chi connectivity index (χ3v) is 5.74. The first kappa shape index (κ1) is 23.1. The molecule has 0 saturated heterocycles. The molecule has 0 saturated carbocycles. The van der Waals surface area contributed by atoms with E-state index in [0.717, 1.165) is 17.5 Å². The zero-order valence-corrected chi connectivity index (χ0v) is 18.9. The van der Waals surface area contributed by atoms with Gasteiger partial charge in [-0.05, 0) is 60.4 Å². The summed E-state index contributed by atoms with van der Waals surface area (Å²) < 4.78 is 0. The standard InChI is InChI=1S/C28H26N2O4/c1-19-29-26(17-22-10-14-27(33)23(15-22)18-31)28(34)30(19)24-11-7-21(8-12-24)16-25(32)13-9-20-5-3-2-4-6-20/h2-8,10-12,14-15,17,31,33H,9,13,16,18H2,1H3/b26-17-. The number of aliphatic hydroxyl groups is 1. The van der Waals surface area contributed by atoms with Gasteiger partial charge in [0.25, 0.3) is 5.91 Å². The molecule has 0 atom stereocenters. The van der Waals surface area contributed by atoms with Gasteiger partial charge in [0.1, 0.15) is 23.1 Å². The van der Waals surface area contributed by atoms with Crippen molar-refractivity contribution in [2.24, 2.45) is 4.99 Å². The lowest BCUT2D eigenvalue weighted by Gasteiger charge is -2.16. The summed E-state index contributed by atoms with van der Waals surface area (Å²) in [5.41, 5.74) is 4.04. The summed E-state index contributed by atoms with van der Waals surface area (Å²) in [6, 6.07) is 22.1. The van der Waals surface area contributed by atoms with Gasteiger partial charge in [0, 0.05) is 18.4 Å². The molecule has 6 nitrogen and oxygen atoms in total. The summed E-state index contributed by atoms with van der Waals surface area (Å²) >= 11 is 0. The highest BCUT2D eigenvalue weighted by atomic mass is 16.3. The Morgan fingerprint density at radius 1 is 1.00 bits per heavy atom. The Labute approximate surface area is 198 Å². The molecule has 3 aromatic carbocycles. The second kappa shape index (κ2) is 10.3. The molecule has 1 amide bonds. The third kappa shape index (κ3) is 5.30. The van der Waals surface area contributed by atoms with Gasteiger partial charge in [-0.1, -0.05) is 48.5 Å². The number of aliphatic imine (C=N–C) groups is 1. The molecule has 1 aliphatic rings. The van der Waals surface area contributed by atoms with E-state index in [1.165, 1.54) is 11.0 Å². The monoisotopic (exact) mass is 454 g/mol. The second-order valence-electron chi connectivity index (χ2n) is 8.24. The first-order chi connectivity index (χ1) is 16.4. The number of aryl methyl sites for hydroxylation is 1. The highest BCUT2D eigenvalue weighted by Crippen LogP contribution is 2.27. The molecule has 0 aromatic heterocycles. The molecule has 0 unspecified atom stereocenters. The summed E-state index contributed by atoms with van der Waals surface area (Å²) in [6.07, 6.45) is 3.20. The minimum Gasteiger partial charge on any atom is -0.508 e. The number of amidine groups is 1. The SMILES string of the molecule is CC1=N/C(=C\c2ccc(O)c(CO)c2)C(=O)N1c1ccc(CC(=O)CCc2ccccc2)cc1. The van der Waals surface area contributed by atoms with E-state index >= 15 is 0 Å². The quantitative estimate of drug-likeness (QED) is 0.493. The molecule has 0 bridgehead atoms.